The third-order valence-electron chi connectivity index (χ3n) is 3.00. The molecule has 0 unspecified atom stereocenters. The van der Waals surface area contributed by atoms with Crippen molar-refractivity contribution in [2.75, 3.05) is 39.8 Å². The summed E-state index contributed by atoms with van der Waals surface area (Å²) in [5, 5.41) is 6.25. The van der Waals surface area contributed by atoms with Gasteiger partial charge in [-0.1, -0.05) is 6.92 Å². The number of amides is 1. The Kier molecular flexibility index (Phi) is 12.6. The topological polar surface area (TPSA) is 44.4 Å². The lowest BCUT2D eigenvalue weighted by Crippen LogP contribution is -2.42. The van der Waals surface area contributed by atoms with Crippen molar-refractivity contribution in [2.45, 2.75) is 19.8 Å². The summed E-state index contributed by atoms with van der Waals surface area (Å²) in [6.45, 7) is 6.74. The molecule has 1 amide bonds. The standard InChI is InChI=1S/C11H23N3O.2ClH/c1-3-14(2)8-7-13-11(15)10-5-4-6-12-9-10;;/h10,12H,3-9H2,1-2H3,(H,13,15);2*1H/t10-;;/m1../s1. The quantitative estimate of drug-likeness (QED) is 0.789. The van der Waals surface area contributed by atoms with Crippen LogP contribution in [0.1, 0.15) is 19.8 Å². The van der Waals surface area contributed by atoms with Crippen LogP contribution in [0.3, 0.4) is 0 Å². The van der Waals surface area contributed by atoms with Gasteiger partial charge >= 0.3 is 0 Å². The van der Waals surface area contributed by atoms with Gasteiger partial charge in [0.05, 0.1) is 5.92 Å². The number of carbonyl (C=O) groups excluding carboxylic acids is 1. The smallest absolute Gasteiger partial charge is 0.224 e. The summed E-state index contributed by atoms with van der Waals surface area (Å²) in [6.07, 6.45) is 2.15. The van der Waals surface area contributed by atoms with Gasteiger partial charge in [0, 0.05) is 19.6 Å². The molecular weight excluding hydrogens is 261 g/mol. The second-order valence-corrected chi connectivity index (χ2v) is 4.23. The Bertz CT molecular complexity index is 199. The highest BCUT2D eigenvalue weighted by molar-refractivity contribution is 5.85. The Morgan fingerprint density at radius 2 is 2.18 bits per heavy atom. The molecular formula is C11H25Cl2N3O. The van der Waals surface area contributed by atoms with Crippen LogP contribution in [0.25, 0.3) is 0 Å². The number of likely N-dealkylation sites (N-methyl/N-ethyl adjacent to an activating group) is 1. The summed E-state index contributed by atoms with van der Waals surface area (Å²) < 4.78 is 0. The molecule has 1 saturated heterocycles. The Hall–Kier alpha value is -0.0300. The van der Waals surface area contributed by atoms with Crippen LogP contribution in [-0.2, 0) is 4.79 Å². The number of nitrogens with zero attached hydrogens (tertiary/aromatic N) is 1. The van der Waals surface area contributed by atoms with Crippen molar-refractivity contribution in [3.63, 3.8) is 0 Å². The first-order valence-corrected chi connectivity index (χ1v) is 5.91. The van der Waals surface area contributed by atoms with Crippen molar-refractivity contribution in [2.24, 2.45) is 5.92 Å². The maximum absolute atomic E-state index is 11.7. The van der Waals surface area contributed by atoms with Crippen molar-refractivity contribution >= 4 is 30.7 Å². The van der Waals surface area contributed by atoms with Crippen LogP contribution in [0.4, 0.5) is 0 Å². The van der Waals surface area contributed by atoms with E-state index in [1.807, 2.05) is 0 Å². The normalized spacial score (nSPS) is 19.1. The first-order chi connectivity index (χ1) is 7.24. The van der Waals surface area contributed by atoms with Crippen molar-refractivity contribution in [1.29, 1.82) is 0 Å². The number of nitrogens with one attached hydrogen (secondary N) is 2. The van der Waals surface area contributed by atoms with E-state index in [0.29, 0.717) is 0 Å². The summed E-state index contributed by atoms with van der Waals surface area (Å²) in [5.74, 6) is 0.400. The zero-order valence-electron chi connectivity index (χ0n) is 10.7. The summed E-state index contributed by atoms with van der Waals surface area (Å²) in [7, 11) is 2.06. The van der Waals surface area contributed by atoms with E-state index in [0.717, 1.165) is 45.6 Å². The average Bonchev–Trinajstić information content (AvgIpc) is 2.29. The van der Waals surface area contributed by atoms with E-state index < -0.39 is 0 Å². The number of carbonyl (C=O) groups is 1. The molecule has 0 aromatic rings. The average molecular weight is 286 g/mol. The Morgan fingerprint density at radius 3 is 2.71 bits per heavy atom. The minimum atomic E-state index is 0. The predicted molar refractivity (Wildman–Crippen MR) is 76.3 cm³/mol. The second kappa shape index (κ2) is 11.1. The highest BCUT2D eigenvalue weighted by atomic mass is 35.5. The lowest BCUT2D eigenvalue weighted by Gasteiger charge is -2.22. The summed E-state index contributed by atoms with van der Waals surface area (Å²) >= 11 is 0. The molecule has 0 radical (unpaired) electrons. The van der Waals surface area contributed by atoms with Gasteiger partial charge in [-0.2, -0.15) is 0 Å². The third kappa shape index (κ3) is 7.82. The zero-order chi connectivity index (χ0) is 11.1. The van der Waals surface area contributed by atoms with Gasteiger partial charge in [-0.05, 0) is 33.0 Å². The van der Waals surface area contributed by atoms with Crippen LogP contribution in [0.5, 0.6) is 0 Å². The van der Waals surface area contributed by atoms with E-state index in [2.05, 4.69) is 29.5 Å². The van der Waals surface area contributed by atoms with Crippen LogP contribution in [0, 0.1) is 5.92 Å². The Balaban J connectivity index is 0. The first-order valence-electron chi connectivity index (χ1n) is 5.91. The molecule has 1 aliphatic rings. The van der Waals surface area contributed by atoms with Crippen LogP contribution >= 0.6 is 24.8 Å². The molecule has 0 spiro atoms. The molecule has 0 aromatic carbocycles. The molecule has 6 heteroatoms. The molecule has 1 heterocycles. The van der Waals surface area contributed by atoms with Crippen LogP contribution < -0.4 is 10.6 Å². The highest BCUT2D eigenvalue weighted by Crippen LogP contribution is 2.09. The second-order valence-electron chi connectivity index (χ2n) is 4.23. The van der Waals surface area contributed by atoms with Crippen molar-refractivity contribution in [3.05, 3.63) is 0 Å². The number of rotatable bonds is 5. The predicted octanol–water partition coefficient (Wildman–Crippen LogP) is 0.897. The lowest BCUT2D eigenvalue weighted by atomic mass is 9.99. The van der Waals surface area contributed by atoms with Gasteiger partial charge in [-0.3, -0.25) is 4.79 Å². The van der Waals surface area contributed by atoms with Gasteiger partial charge in [0.25, 0.3) is 0 Å². The summed E-state index contributed by atoms with van der Waals surface area (Å²) in [6, 6.07) is 0. The maximum Gasteiger partial charge on any atom is 0.224 e. The Labute approximate surface area is 117 Å². The van der Waals surface area contributed by atoms with E-state index in [9.17, 15) is 4.79 Å². The molecule has 2 N–H and O–H groups in total. The minimum absolute atomic E-state index is 0. The molecule has 0 saturated carbocycles. The first kappa shape index (κ1) is 19.3. The van der Waals surface area contributed by atoms with E-state index >= 15 is 0 Å². The van der Waals surface area contributed by atoms with Gasteiger partial charge in [-0.15, -0.1) is 24.8 Å². The molecule has 1 fully saturated rings. The fourth-order valence-corrected chi connectivity index (χ4v) is 1.75. The molecule has 1 aliphatic heterocycles. The Morgan fingerprint density at radius 1 is 1.47 bits per heavy atom. The van der Waals surface area contributed by atoms with Gasteiger partial charge in [-0.25, -0.2) is 0 Å². The minimum Gasteiger partial charge on any atom is -0.355 e. The lowest BCUT2D eigenvalue weighted by molar-refractivity contribution is -0.125. The van der Waals surface area contributed by atoms with Crippen molar-refractivity contribution in [1.82, 2.24) is 15.5 Å². The van der Waals surface area contributed by atoms with E-state index in [1.54, 1.807) is 0 Å². The summed E-state index contributed by atoms with van der Waals surface area (Å²) in [5.41, 5.74) is 0. The fraction of sp³-hybridized carbons (Fsp3) is 0.909. The SMILES string of the molecule is CCN(C)CCNC(=O)[C@@H]1CCCNC1.Cl.Cl. The molecule has 104 valence electrons. The van der Waals surface area contributed by atoms with Crippen molar-refractivity contribution < 1.29 is 4.79 Å². The number of halogens is 2. The molecule has 0 aliphatic carbocycles. The molecule has 4 nitrogen and oxygen atoms in total. The number of hydrogen-bond donors (Lipinski definition) is 2. The molecule has 1 rings (SSSR count). The van der Waals surface area contributed by atoms with Gasteiger partial charge in [0.1, 0.15) is 0 Å². The monoisotopic (exact) mass is 285 g/mol. The highest BCUT2D eigenvalue weighted by Gasteiger charge is 2.19. The number of hydrogen-bond acceptors (Lipinski definition) is 3. The van der Waals surface area contributed by atoms with E-state index in [-0.39, 0.29) is 36.6 Å². The fourth-order valence-electron chi connectivity index (χ4n) is 1.75. The molecule has 1 atom stereocenters. The number of piperidine rings is 1. The molecule has 17 heavy (non-hydrogen) atoms. The van der Waals surface area contributed by atoms with Crippen LogP contribution in [-0.4, -0.2) is 50.6 Å². The van der Waals surface area contributed by atoms with Gasteiger partial charge < -0.3 is 15.5 Å². The van der Waals surface area contributed by atoms with Crippen LogP contribution in [0.15, 0.2) is 0 Å². The van der Waals surface area contributed by atoms with Crippen LogP contribution in [0.2, 0.25) is 0 Å². The molecule has 0 bridgehead atoms. The van der Waals surface area contributed by atoms with E-state index in [4.69, 9.17) is 0 Å². The van der Waals surface area contributed by atoms with Gasteiger partial charge in [0.2, 0.25) is 5.91 Å². The zero-order valence-corrected chi connectivity index (χ0v) is 12.3. The molecule has 0 aromatic heterocycles. The van der Waals surface area contributed by atoms with E-state index in [1.165, 1.54) is 0 Å². The summed E-state index contributed by atoms with van der Waals surface area (Å²) in [4.78, 5) is 13.9. The maximum atomic E-state index is 11.7. The van der Waals surface area contributed by atoms with Crippen molar-refractivity contribution in [3.8, 4) is 0 Å². The third-order valence-corrected chi connectivity index (χ3v) is 3.00. The largest absolute Gasteiger partial charge is 0.355 e. The van der Waals surface area contributed by atoms with Gasteiger partial charge in [0.15, 0.2) is 0 Å².